The molecule has 1 aromatic heterocycles. The predicted molar refractivity (Wildman–Crippen MR) is 58.6 cm³/mol. The van der Waals surface area contributed by atoms with Crippen LogP contribution in [0.5, 0.6) is 0 Å². The minimum absolute atomic E-state index is 0.622. The lowest BCUT2D eigenvalue weighted by Gasteiger charge is -1.93. The average Bonchev–Trinajstić information content (AvgIpc) is 2.29. The third-order valence-corrected chi connectivity index (χ3v) is 1.85. The van der Waals surface area contributed by atoms with E-state index in [1.54, 1.807) is 18.5 Å². The zero-order valence-electron chi connectivity index (χ0n) is 8.63. The second-order valence-corrected chi connectivity index (χ2v) is 3.07. The third-order valence-electron chi connectivity index (χ3n) is 1.85. The van der Waals surface area contributed by atoms with E-state index in [9.17, 15) is 0 Å². The summed E-state index contributed by atoms with van der Waals surface area (Å²) in [5.74, 6) is 0.790. The number of hydrogen-bond acceptors (Lipinski definition) is 4. The Morgan fingerprint density at radius 1 is 1.33 bits per heavy atom. The van der Waals surface area contributed by atoms with Gasteiger partial charge in [-0.1, -0.05) is 0 Å². The van der Waals surface area contributed by atoms with E-state index >= 15 is 0 Å². The molecule has 0 spiro atoms. The molecule has 0 N–H and O–H groups in total. The predicted octanol–water partition coefficient (Wildman–Crippen LogP) is 1.78. The lowest BCUT2D eigenvalue weighted by molar-refractivity contribution is 0.765. The summed E-state index contributed by atoms with van der Waals surface area (Å²) < 4.78 is 0. The lowest BCUT2D eigenvalue weighted by atomic mass is 10.2. The molecule has 0 aliphatic heterocycles. The number of rotatable bonds is 6. The smallest absolute Gasteiger partial charge is 0.133 e. The highest BCUT2D eigenvalue weighted by atomic mass is 14.9. The first-order valence-corrected chi connectivity index (χ1v) is 5.04. The van der Waals surface area contributed by atoms with Gasteiger partial charge < -0.3 is 0 Å². The van der Waals surface area contributed by atoms with Crippen LogP contribution >= 0.6 is 0 Å². The van der Waals surface area contributed by atoms with Crippen molar-refractivity contribution in [2.75, 3.05) is 6.54 Å². The van der Waals surface area contributed by atoms with Crippen LogP contribution in [0.2, 0.25) is 0 Å². The molecule has 0 amide bonds. The summed E-state index contributed by atoms with van der Waals surface area (Å²) in [5.41, 5.74) is 0. The van der Waals surface area contributed by atoms with Crippen LogP contribution in [0.15, 0.2) is 23.5 Å². The summed E-state index contributed by atoms with van der Waals surface area (Å²) in [6.07, 6.45) is 8.49. The first kappa shape index (κ1) is 11.3. The van der Waals surface area contributed by atoms with Crippen molar-refractivity contribution in [1.82, 2.24) is 9.97 Å². The van der Waals surface area contributed by atoms with Crippen molar-refractivity contribution in [3.63, 3.8) is 0 Å². The largest absolute Gasteiger partial charge is 0.297 e. The monoisotopic (exact) mass is 202 g/mol. The van der Waals surface area contributed by atoms with Gasteiger partial charge in [0.25, 0.3) is 0 Å². The Kier molecular flexibility index (Phi) is 5.75. The molecule has 0 aliphatic carbocycles. The van der Waals surface area contributed by atoms with Gasteiger partial charge >= 0.3 is 0 Å². The summed E-state index contributed by atoms with van der Waals surface area (Å²) in [4.78, 5) is 12.4. The highest BCUT2D eigenvalue weighted by Crippen LogP contribution is 1.93. The van der Waals surface area contributed by atoms with E-state index in [0.717, 1.165) is 25.2 Å². The fraction of sp³-hybridized carbons (Fsp3) is 0.455. The number of aliphatic imine (C=N–C) groups is 1. The summed E-state index contributed by atoms with van der Waals surface area (Å²) in [5, 5.41) is 8.31. The molecule has 0 fully saturated rings. The van der Waals surface area contributed by atoms with Crippen LogP contribution in [-0.4, -0.2) is 22.7 Å². The van der Waals surface area contributed by atoms with E-state index in [1.807, 2.05) is 6.21 Å². The van der Waals surface area contributed by atoms with Crippen molar-refractivity contribution in [2.24, 2.45) is 4.99 Å². The molecule has 0 bridgehead atoms. The number of hydrogen-bond donors (Lipinski definition) is 0. The Labute approximate surface area is 89.7 Å². The molecular weight excluding hydrogens is 188 g/mol. The van der Waals surface area contributed by atoms with Crippen molar-refractivity contribution in [2.45, 2.75) is 25.7 Å². The minimum atomic E-state index is 0.622. The van der Waals surface area contributed by atoms with Crippen LogP contribution in [0.1, 0.15) is 25.1 Å². The maximum Gasteiger partial charge on any atom is 0.133 e. The van der Waals surface area contributed by atoms with E-state index in [4.69, 9.17) is 5.26 Å². The molecule has 15 heavy (non-hydrogen) atoms. The Balaban J connectivity index is 2.10. The van der Waals surface area contributed by atoms with Crippen LogP contribution in [0.3, 0.4) is 0 Å². The molecule has 0 saturated carbocycles. The van der Waals surface area contributed by atoms with E-state index in [-0.39, 0.29) is 0 Å². The second-order valence-electron chi connectivity index (χ2n) is 3.07. The molecule has 0 aliphatic rings. The lowest BCUT2D eigenvalue weighted by Crippen LogP contribution is -1.94. The SMILES string of the molecule is N#CCCCC/N=C/Cc1ncccn1. The second kappa shape index (κ2) is 7.63. The highest BCUT2D eigenvalue weighted by molar-refractivity contribution is 5.59. The Morgan fingerprint density at radius 3 is 2.87 bits per heavy atom. The molecule has 0 radical (unpaired) electrons. The van der Waals surface area contributed by atoms with E-state index < -0.39 is 0 Å². The van der Waals surface area contributed by atoms with E-state index in [2.05, 4.69) is 21.0 Å². The number of nitrogens with zero attached hydrogens (tertiary/aromatic N) is 4. The van der Waals surface area contributed by atoms with Crippen molar-refractivity contribution in [1.29, 1.82) is 5.26 Å². The summed E-state index contributed by atoms with van der Waals surface area (Å²) >= 11 is 0. The number of unbranched alkanes of at least 4 members (excludes halogenated alkanes) is 2. The number of nitriles is 1. The maximum absolute atomic E-state index is 8.31. The molecular formula is C11H14N4. The standard InChI is InChI=1S/C11H14N4/c12-6-2-1-3-7-13-10-5-11-14-8-4-9-15-11/h4,8-10H,1-3,5,7H2/b13-10+. The van der Waals surface area contributed by atoms with Gasteiger partial charge in [-0.05, 0) is 18.9 Å². The van der Waals surface area contributed by atoms with Crippen molar-refractivity contribution < 1.29 is 0 Å². The molecule has 0 atom stereocenters. The van der Waals surface area contributed by atoms with Crippen LogP contribution in [-0.2, 0) is 6.42 Å². The first-order valence-electron chi connectivity index (χ1n) is 5.04. The normalized spacial score (nSPS) is 10.3. The molecule has 1 heterocycles. The maximum atomic E-state index is 8.31. The molecule has 1 aromatic rings. The summed E-state index contributed by atoms with van der Waals surface area (Å²) in [6, 6.07) is 3.91. The molecule has 0 aromatic carbocycles. The van der Waals surface area contributed by atoms with Gasteiger partial charge in [-0.25, -0.2) is 9.97 Å². The molecule has 4 heteroatoms. The highest BCUT2D eigenvalue weighted by Gasteiger charge is 1.89. The number of aromatic nitrogens is 2. The van der Waals surface area contributed by atoms with E-state index in [1.165, 1.54) is 0 Å². The third kappa shape index (κ3) is 5.53. The van der Waals surface area contributed by atoms with Crippen molar-refractivity contribution in [3.05, 3.63) is 24.3 Å². The zero-order valence-corrected chi connectivity index (χ0v) is 8.63. The van der Waals surface area contributed by atoms with Gasteiger partial charge in [-0.15, -0.1) is 0 Å². The van der Waals surface area contributed by atoms with Gasteiger partial charge in [0.15, 0.2) is 0 Å². The molecule has 1 rings (SSSR count). The molecule has 78 valence electrons. The summed E-state index contributed by atoms with van der Waals surface area (Å²) in [7, 11) is 0. The summed E-state index contributed by atoms with van der Waals surface area (Å²) in [6.45, 7) is 0.786. The van der Waals surface area contributed by atoms with Gasteiger partial charge in [0.05, 0.1) is 6.07 Å². The molecule has 0 saturated heterocycles. The van der Waals surface area contributed by atoms with Gasteiger partial charge in [-0.2, -0.15) is 5.26 Å². The zero-order chi connectivity index (χ0) is 10.8. The van der Waals surface area contributed by atoms with Crippen LogP contribution in [0, 0.1) is 11.3 Å². The topological polar surface area (TPSA) is 61.9 Å². The minimum Gasteiger partial charge on any atom is -0.297 e. The van der Waals surface area contributed by atoms with Crippen LogP contribution in [0.25, 0.3) is 0 Å². The van der Waals surface area contributed by atoms with Crippen LogP contribution in [0.4, 0.5) is 0 Å². The first-order chi connectivity index (χ1) is 7.43. The quantitative estimate of drug-likeness (QED) is 0.522. The Bertz CT molecular complexity index is 326. The Morgan fingerprint density at radius 2 is 2.13 bits per heavy atom. The average molecular weight is 202 g/mol. The Hall–Kier alpha value is -1.76. The molecule has 4 nitrogen and oxygen atoms in total. The molecule has 0 unspecified atom stereocenters. The van der Waals surface area contributed by atoms with Gasteiger partial charge in [0.2, 0.25) is 0 Å². The van der Waals surface area contributed by atoms with Gasteiger partial charge in [0.1, 0.15) is 5.82 Å². The van der Waals surface area contributed by atoms with Gasteiger partial charge in [-0.3, -0.25) is 4.99 Å². The van der Waals surface area contributed by atoms with Gasteiger partial charge in [0, 0.05) is 38.0 Å². The van der Waals surface area contributed by atoms with Crippen LogP contribution < -0.4 is 0 Å². The fourth-order valence-corrected chi connectivity index (χ4v) is 1.08. The van der Waals surface area contributed by atoms with Crippen molar-refractivity contribution in [3.8, 4) is 6.07 Å². The van der Waals surface area contributed by atoms with Crippen molar-refractivity contribution >= 4 is 6.21 Å². The fourth-order valence-electron chi connectivity index (χ4n) is 1.08. The van der Waals surface area contributed by atoms with E-state index in [0.29, 0.717) is 12.8 Å².